The number of amides is 1. The highest BCUT2D eigenvalue weighted by Crippen LogP contribution is 2.30. The minimum Gasteiger partial charge on any atom is -0.340 e. The maximum atomic E-state index is 12.5. The molecule has 1 amide bonds. The quantitative estimate of drug-likeness (QED) is 0.753. The molecule has 16 heavy (non-hydrogen) atoms. The second-order valence-corrected chi connectivity index (χ2v) is 6.82. The summed E-state index contributed by atoms with van der Waals surface area (Å²) in [5.74, 6) is 1.46. The van der Waals surface area contributed by atoms with Crippen LogP contribution in [-0.2, 0) is 4.79 Å². The zero-order valence-corrected chi connectivity index (χ0v) is 11.1. The number of carbonyl (C=O) groups excluding carboxylic acids is 1. The number of nitrogens with zero attached hydrogens (tertiary/aromatic N) is 1. The zero-order valence-electron chi connectivity index (χ0n) is 10.3. The van der Waals surface area contributed by atoms with Crippen LogP contribution in [0.1, 0.15) is 26.7 Å². The fourth-order valence-corrected chi connectivity index (χ4v) is 3.64. The molecule has 3 nitrogen and oxygen atoms in total. The minimum absolute atomic E-state index is 0.153. The summed E-state index contributed by atoms with van der Waals surface area (Å²) in [6.45, 7) is 8.11. The van der Waals surface area contributed by atoms with Gasteiger partial charge in [-0.15, -0.1) is 0 Å². The highest BCUT2D eigenvalue weighted by Gasteiger charge is 2.38. The van der Waals surface area contributed by atoms with E-state index in [1.165, 1.54) is 0 Å². The zero-order chi connectivity index (χ0) is 11.6. The van der Waals surface area contributed by atoms with Gasteiger partial charge in [-0.3, -0.25) is 4.79 Å². The van der Waals surface area contributed by atoms with E-state index in [0.717, 1.165) is 44.8 Å². The Balaban J connectivity index is 1.99. The van der Waals surface area contributed by atoms with Gasteiger partial charge in [-0.1, -0.05) is 6.92 Å². The summed E-state index contributed by atoms with van der Waals surface area (Å²) in [7, 11) is 0. The molecule has 2 heterocycles. The number of carbonyl (C=O) groups is 1. The van der Waals surface area contributed by atoms with E-state index in [1.807, 2.05) is 11.8 Å². The number of hydrogen-bond donors (Lipinski definition) is 1. The average Bonchev–Trinajstić information content (AvgIpc) is 2.29. The van der Waals surface area contributed by atoms with Gasteiger partial charge in [0, 0.05) is 30.6 Å². The van der Waals surface area contributed by atoms with Crippen LogP contribution in [0.15, 0.2) is 0 Å². The van der Waals surface area contributed by atoms with Gasteiger partial charge in [-0.2, -0.15) is 11.8 Å². The van der Waals surface area contributed by atoms with E-state index >= 15 is 0 Å². The molecule has 0 spiro atoms. The smallest absolute Gasteiger partial charge is 0.229 e. The van der Waals surface area contributed by atoms with E-state index < -0.39 is 0 Å². The van der Waals surface area contributed by atoms with Gasteiger partial charge in [0.2, 0.25) is 5.91 Å². The van der Waals surface area contributed by atoms with Crippen LogP contribution in [0.5, 0.6) is 0 Å². The average molecular weight is 242 g/mol. The van der Waals surface area contributed by atoms with Crippen molar-refractivity contribution in [2.24, 2.45) is 5.41 Å². The van der Waals surface area contributed by atoms with Crippen molar-refractivity contribution in [3.8, 4) is 0 Å². The van der Waals surface area contributed by atoms with E-state index in [-0.39, 0.29) is 5.41 Å². The lowest BCUT2D eigenvalue weighted by Crippen LogP contribution is -2.53. The first kappa shape index (κ1) is 12.2. The molecule has 0 saturated carbocycles. The van der Waals surface area contributed by atoms with Crippen molar-refractivity contribution in [1.29, 1.82) is 0 Å². The normalized spacial score (nSPS) is 36.1. The Morgan fingerprint density at radius 3 is 3.00 bits per heavy atom. The number of nitrogens with one attached hydrogen (secondary N) is 1. The van der Waals surface area contributed by atoms with Crippen LogP contribution in [0, 0.1) is 5.41 Å². The lowest BCUT2D eigenvalue weighted by Gasteiger charge is -2.40. The molecule has 2 aliphatic heterocycles. The van der Waals surface area contributed by atoms with E-state index in [1.54, 1.807) is 0 Å². The fraction of sp³-hybridized carbons (Fsp3) is 0.917. The predicted molar refractivity (Wildman–Crippen MR) is 68.7 cm³/mol. The molecule has 2 aliphatic rings. The van der Waals surface area contributed by atoms with Crippen LogP contribution in [0.2, 0.25) is 0 Å². The molecule has 0 aromatic rings. The van der Waals surface area contributed by atoms with Gasteiger partial charge in [0.1, 0.15) is 0 Å². The third-order valence-corrected chi connectivity index (χ3v) is 4.78. The second-order valence-electron chi connectivity index (χ2n) is 5.27. The number of rotatable bonds is 1. The van der Waals surface area contributed by atoms with Gasteiger partial charge in [0.25, 0.3) is 0 Å². The summed E-state index contributed by atoms with van der Waals surface area (Å²) in [4.78, 5) is 14.6. The Morgan fingerprint density at radius 1 is 1.56 bits per heavy atom. The molecule has 1 N–H and O–H groups in total. The molecule has 0 bridgehead atoms. The van der Waals surface area contributed by atoms with Gasteiger partial charge >= 0.3 is 0 Å². The number of piperidine rings is 1. The first-order valence-electron chi connectivity index (χ1n) is 6.23. The summed E-state index contributed by atoms with van der Waals surface area (Å²) < 4.78 is 0. The molecule has 92 valence electrons. The Morgan fingerprint density at radius 2 is 2.38 bits per heavy atom. The predicted octanol–water partition coefficient (Wildman–Crippen LogP) is 1.34. The Labute approximate surface area is 102 Å². The first-order valence-corrected chi connectivity index (χ1v) is 7.28. The second kappa shape index (κ2) is 4.96. The summed E-state index contributed by atoms with van der Waals surface area (Å²) >= 11 is 1.98. The molecule has 2 rings (SSSR count). The Hall–Kier alpha value is -0.220. The van der Waals surface area contributed by atoms with Crippen molar-refractivity contribution >= 4 is 17.7 Å². The largest absolute Gasteiger partial charge is 0.340 e. The van der Waals surface area contributed by atoms with Gasteiger partial charge in [0.15, 0.2) is 0 Å². The molecule has 0 radical (unpaired) electrons. The highest BCUT2D eigenvalue weighted by molar-refractivity contribution is 7.99. The fourth-order valence-electron chi connectivity index (χ4n) is 2.62. The van der Waals surface area contributed by atoms with Crippen LogP contribution in [0.25, 0.3) is 0 Å². The van der Waals surface area contributed by atoms with Crippen LogP contribution < -0.4 is 5.32 Å². The van der Waals surface area contributed by atoms with Crippen molar-refractivity contribution in [1.82, 2.24) is 10.2 Å². The Kier molecular flexibility index (Phi) is 3.80. The van der Waals surface area contributed by atoms with Gasteiger partial charge in [-0.05, 0) is 26.3 Å². The minimum atomic E-state index is -0.153. The summed E-state index contributed by atoms with van der Waals surface area (Å²) in [5.41, 5.74) is -0.153. The molecule has 0 aromatic carbocycles. The van der Waals surface area contributed by atoms with Crippen molar-refractivity contribution in [3.05, 3.63) is 0 Å². The van der Waals surface area contributed by atoms with Crippen LogP contribution in [0.3, 0.4) is 0 Å². The summed E-state index contributed by atoms with van der Waals surface area (Å²) in [6, 6.07) is 0. The van der Waals surface area contributed by atoms with Crippen molar-refractivity contribution in [3.63, 3.8) is 0 Å². The third-order valence-electron chi connectivity index (χ3n) is 3.64. The third kappa shape index (κ3) is 2.54. The number of thioether (sulfide) groups is 1. The molecule has 2 atom stereocenters. The highest BCUT2D eigenvalue weighted by atomic mass is 32.2. The van der Waals surface area contributed by atoms with Crippen molar-refractivity contribution in [2.45, 2.75) is 31.9 Å². The molecule has 2 saturated heterocycles. The van der Waals surface area contributed by atoms with Gasteiger partial charge in [0.05, 0.1) is 5.41 Å². The molecule has 2 unspecified atom stereocenters. The molecule has 0 aromatic heterocycles. The van der Waals surface area contributed by atoms with Crippen LogP contribution >= 0.6 is 11.8 Å². The monoisotopic (exact) mass is 242 g/mol. The van der Waals surface area contributed by atoms with E-state index in [2.05, 4.69) is 24.1 Å². The standard InChI is InChI=1S/C12H22N2OS/c1-10-8-14(6-7-16-10)11(15)12(2)4-3-5-13-9-12/h10,13H,3-9H2,1-2H3. The Bertz CT molecular complexity index is 264. The van der Waals surface area contributed by atoms with Gasteiger partial charge in [-0.25, -0.2) is 0 Å². The maximum Gasteiger partial charge on any atom is 0.229 e. The summed E-state index contributed by atoms with van der Waals surface area (Å²) in [5, 5.41) is 3.95. The van der Waals surface area contributed by atoms with Crippen molar-refractivity contribution in [2.75, 3.05) is 31.9 Å². The summed E-state index contributed by atoms with van der Waals surface area (Å²) in [6.07, 6.45) is 2.16. The van der Waals surface area contributed by atoms with E-state index in [0.29, 0.717) is 11.2 Å². The van der Waals surface area contributed by atoms with E-state index in [9.17, 15) is 4.79 Å². The van der Waals surface area contributed by atoms with E-state index in [4.69, 9.17) is 0 Å². The lowest BCUT2D eigenvalue weighted by molar-refractivity contribution is -0.142. The lowest BCUT2D eigenvalue weighted by atomic mass is 9.81. The molecular formula is C12H22N2OS. The van der Waals surface area contributed by atoms with Gasteiger partial charge < -0.3 is 10.2 Å². The number of hydrogen-bond acceptors (Lipinski definition) is 3. The van der Waals surface area contributed by atoms with Crippen LogP contribution in [0.4, 0.5) is 0 Å². The molecule has 4 heteroatoms. The SMILES string of the molecule is CC1CN(C(=O)C2(C)CCCNC2)CCS1. The van der Waals surface area contributed by atoms with Crippen LogP contribution in [-0.4, -0.2) is 48.0 Å². The topological polar surface area (TPSA) is 32.3 Å². The van der Waals surface area contributed by atoms with Crippen molar-refractivity contribution < 1.29 is 4.79 Å². The molecule has 0 aliphatic carbocycles. The maximum absolute atomic E-state index is 12.5. The molecular weight excluding hydrogens is 220 g/mol. The first-order chi connectivity index (χ1) is 7.62. The molecule has 2 fully saturated rings.